The first-order valence-electron chi connectivity index (χ1n) is 9.14. The molecule has 150 valence electrons. The Morgan fingerprint density at radius 1 is 1.50 bits per heavy atom. The number of hydrogen-bond donors (Lipinski definition) is 2. The van der Waals surface area contributed by atoms with E-state index in [0.717, 1.165) is 4.57 Å². The summed E-state index contributed by atoms with van der Waals surface area (Å²) in [5, 5.41) is 13.2. The van der Waals surface area contributed by atoms with Crippen LogP contribution in [0.25, 0.3) is 0 Å². The van der Waals surface area contributed by atoms with Crippen molar-refractivity contribution in [3.8, 4) is 0 Å². The van der Waals surface area contributed by atoms with Crippen molar-refractivity contribution in [3.63, 3.8) is 0 Å². The van der Waals surface area contributed by atoms with Crippen LogP contribution in [0, 0.1) is 0 Å². The van der Waals surface area contributed by atoms with Crippen molar-refractivity contribution >= 4 is 50.3 Å². The van der Waals surface area contributed by atoms with Crippen LogP contribution in [0.4, 0.5) is 5.82 Å². The molecular weight excluding hydrogens is 520 g/mol. The van der Waals surface area contributed by atoms with Crippen LogP contribution in [0.1, 0.15) is 16.6 Å². The molecule has 2 aliphatic rings. The standard InChI is InChI=1S/C16H17IN3O6PS/c17-27-24-8-10-13(26-28-27)12(21)15(25-10)20-7-6-11(19-16(20)23)18-14(22)9-4-2-1-3-5-9/h1-7,10,12-13,15,21H,8,27H2,(H,18,19,22,23)/t10-,12?,13+,15-/m1/s1/i27TD. The number of ether oxygens (including phenoxy) is 1. The van der Waals surface area contributed by atoms with Gasteiger partial charge in [0.15, 0.2) is 0 Å². The molecule has 2 saturated heterocycles. The van der Waals surface area contributed by atoms with Crippen molar-refractivity contribution in [2.24, 2.45) is 0 Å². The molecule has 1 amide bonds. The van der Waals surface area contributed by atoms with Gasteiger partial charge in [-0.2, -0.15) is 0 Å². The van der Waals surface area contributed by atoms with Gasteiger partial charge in [0, 0.05) is 0 Å². The van der Waals surface area contributed by atoms with Crippen LogP contribution >= 0.6 is 38.6 Å². The quantitative estimate of drug-likeness (QED) is 0.346. The number of carbonyl (C=O) groups is 1. The number of nitrogens with zero attached hydrogens (tertiary/aromatic N) is 2. The van der Waals surface area contributed by atoms with Gasteiger partial charge in [-0.1, -0.05) is 18.2 Å². The first-order valence-corrected chi connectivity index (χ1v) is 13.6. The van der Waals surface area contributed by atoms with Gasteiger partial charge >= 0.3 is 151 Å². The van der Waals surface area contributed by atoms with Gasteiger partial charge in [-0.05, 0) is 12.1 Å². The molecule has 2 aromatic rings. The number of nitrogens with one attached hydrogen (secondary N) is 1. The van der Waals surface area contributed by atoms with E-state index in [9.17, 15) is 14.7 Å². The molecule has 0 radical (unpaired) electrons. The normalized spacial score (nSPS) is 33.3. The third kappa shape index (κ3) is 4.25. The molecule has 0 aliphatic carbocycles. The van der Waals surface area contributed by atoms with Gasteiger partial charge in [-0.15, -0.1) is 0 Å². The molecule has 1 unspecified atom stereocenters. The summed E-state index contributed by atoms with van der Waals surface area (Å²) in [7, 11) is 0. The molecule has 0 bridgehead atoms. The van der Waals surface area contributed by atoms with Crippen LogP contribution in [0.2, 0.25) is 0 Å². The predicted molar refractivity (Wildman–Crippen MR) is 115 cm³/mol. The Hall–Kier alpha value is -1.08. The van der Waals surface area contributed by atoms with Gasteiger partial charge in [-0.3, -0.25) is 0 Å². The summed E-state index contributed by atoms with van der Waals surface area (Å²) < 4.78 is 33.7. The third-order valence-electron chi connectivity index (χ3n) is 4.24. The maximum atomic E-state index is 12.5. The van der Waals surface area contributed by atoms with E-state index in [-0.39, 0.29) is 12.4 Å². The van der Waals surface area contributed by atoms with E-state index in [1.165, 1.54) is 12.3 Å². The van der Waals surface area contributed by atoms with Gasteiger partial charge in [0.25, 0.3) is 0 Å². The van der Waals surface area contributed by atoms with E-state index in [4.69, 9.17) is 16.0 Å². The molecule has 0 spiro atoms. The first kappa shape index (κ1) is 17.8. The van der Waals surface area contributed by atoms with Crippen LogP contribution in [0.5, 0.6) is 0 Å². The minimum atomic E-state index is -4.02. The number of halogens is 1. The number of aliphatic hydroxyl groups is 1. The maximum absolute atomic E-state index is 12.5. The van der Waals surface area contributed by atoms with Gasteiger partial charge in [-0.25, -0.2) is 0 Å². The monoisotopic (exact) mass is 540 g/mol. The fraction of sp³-hybridized carbons (Fsp3) is 0.312. The average Bonchev–Trinajstić information content (AvgIpc) is 2.94. The molecule has 2 N–H and O–H groups in total. The van der Waals surface area contributed by atoms with Crippen molar-refractivity contribution < 1.29 is 23.3 Å². The summed E-state index contributed by atoms with van der Waals surface area (Å²) in [6.07, 6.45) is -2.60. The number of fused-ring (bicyclic) bond motifs is 1. The van der Waals surface area contributed by atoms with Crippen LogP contribution in [-0.2, 0) is 13.4 Å². The number of aliphatic hydroxyl groups excluding tert-OH is 1. The van der Waals surface area contributed by atoms with Crippen molar-refractivity contribution in [2.45, 2.75) is 24.5 Å². The van der Waals surface area contributed by atoms with E-state index in [1.54, 1.807) is 52.4 Å². The molecular formula is C16H17IN3O6PS. The van der Waals surface area contributed by atoms with Gasteiger partial charge in [0.1, 0.15) is 0 Å². The zero-order valence-electron chi connectivity index (χ0n) is 16.2. The zero-order chi connectivity index (χ0) is 21.5. The topological polar surface area (TPSA) is 112 Å². The van der Waals surface area contributed by atoms with Crippen molar-refractivity contribution in [3.05, 3.63) is 58.6 Å². The third-order valence-corrected chi connectivity index (χ3v) is 8.23. The van der Waals surface area contributed by atoms with Crippen molar-refractivity contribution in [2.75, 3.05) is 11.9 Å². The predicted octanol–water partition coefficient (Wildman–Crippen LogP) is 1.94. The number of benzene rings is 1. The Kier molecular flexibility index (Phi) is 5.54. The van der Waals surface area contributed by atoms with Crippen LogP contribution < -0.4 is 11.0 Å². The molecule has 3 heterocycles. The van der Waals surface area contributed by atoms with Gasteiger partial charge in [0.2, 0.25) is 0 Å². The van der Waals surface area contributed by atoms with Crippen molar-refractivity contribution in [1.82, 2.24) is 9.55 Å². The van der Waals surface area contributed by atoms with E-state index < -0.39 is 41.0 Å². The number of aromatic nitrogens is 2. The molecule has 4 atom stereocenters. The summed E-state index contributed by atoms with van der Waals surface area (Å²) in [5.74, 6) is -0.346. The number of amides is 1. The Balaban J connectivity index is 1.49. The second-order valence-electron chi connectivity index (χ2n) is 6.02. The fourth-order valence-electron chi connectivity index (χ4n) is 2.89. The van der Waals surface area contributed by atoms with Gasteiger partial charge in [0.05, 0.1) is 0 Å². The molecule has 2 aliphatic heterocycles. The summed E-state index contributed by atoms with van der Waals surface area (Å²) in [4.78, 5) is 24.5. The van der Waals surface area contributed by atoms with Crippen molar-refractivity contribution in [1.29, 1.82) is 2.56 Å². The zero-order valence-corrected chi connectivity index (χ0v) is 18.0. The Bertz CT molecular complexity index is 1020. The number of anilines is 1. The van der Waals surface area contributed by atoms with Crippen LogP contribution in [0.15, 0.2) is 47.4 Å². The minimum absolute atomic E-state index is 0.0626. The number of hydrogen-bond acceptors (Lipinski definition) is 8. The van der Waals surface area contributed by atoms with Crippen LogP contribution in [-0.4, -0.2) is 48.0 Å². The number of rotatable bonds is 3. The van der Waals surface area contributed by atoms with E-state index >= 15 is 0 Å². The van der Waals surface area contributed by atoms with E-state index in [0.29, 0.717) is 17.2 Å². The molecule has 1 aromatic heterocycles. The molecule has 2 fully saturated rings. The SMILES string of the molecule is [2H]P1([3H])(I)OC[C@H]2O[C@@H](n3ccc(NC(=O)c4ccccc4)nc3=O)C(O)[C@H]2OS1. The first-order chi connectivity index (χ1) is 14.1. The molecule has 9 nitrogen and oxygen atoms in total. The molecule has 12 heteroatoms. The Morgan fingerprint density at radius 2 is 2.29 bits per heavy atom. The average molecular weight is 540 g/mol. The summed E-state index contributed by atoms with van der Waals surface area (Å²) >= 11 is 2.17. The number of carbonyl (C=O) groups excluding carboxylic acids is 1. The Morgan fingerprint density at radius 3 is 3.04 bits per heavy atom. The van der Waals surface area contributed by atoms with Gasteiger partial charge < -0.3 is 0 Å². The molecule has 4 rings (SSSR count). The van der Waals surface area contributed by atoms with E-state index in [2.05, 4.69) is 10.3 Å². The second kappa shape index (κ2) is 8.74. The summed E-state index contributed by atoms with van der Waals surface area (Å²) in [6, 6.07) is 9.91. The van der Waals surface area contributed by atoms with Crippen LogP contribution in [0.3, 0.4) is 0 Å². The summed E-state index contributed by atoms with van der Waals surface area (Å²) in [6.45, 7) is -0.119. The second-order valence-corrected chi connectivity index (χ2v) is 13.1. The van der Waals surface area contributed by atoms with E-state index in [1.807, 2.05) is 0 Å². The molecule has 1 aromatic carbocycles. The summed E-state index contributed by atoms with van der Waals surface area (Å²) in [5.41, 5.74) is -0.312. The molecule has 28 heavy (non-hydrogen) atoms. The fourth-order valence-corrected chi connectivity index (χ4v) is 5.74. The molecule has 0 saturated carbocycles. The Labute approximate surface area is 180 Å².